The van der Waals surface area contributed by atoms with E-state index in [1.165, 1.54) is 11.8 Å². The van der Waals surface area contributed by atoms with E-state index in [9.17, 15) is 4.79 Å². The maximum Gasteiger partial charge on any atom is 0.221 e. The van der Waals surface area contributed by atoms with Crippen LogP contribution in [0.25, 0.3) is 10.8 Å². The average molecular weight is 339 g/mol. The van der Waals surface area contributed by atoms with Crippen LogP contribution in [0.1, 0.15) is 10.4 Å². The molecule has 0 fully saturated rings. The molecule has 2 rings (SSSR count). The van der Waals surface area contributed by atoms with Crippen molar-refractivity contribution in [2.75, 3.05) is 26.4 Å². The minimum atomic E-state index is -0.238. The molecule has 0 aliphatic rings. The van der Waals surface area contributed by atoms with Crippen LogP contribution in [0.5, 0.6) is 0 Å². The van der Waals surface area contributed by atoms with Crippen molar-refractivity contribution in [1.82, 2.24) is 4.90 Å². The molecule has 22 heavy (non-hydrogen) atoms. The average Bonchev–Trinajstić information content (AvgIpc) is 2.50. The van der Waals surface area contributed by atoms with Crippen LogP contribution in [0.2, 0.25) is 0 Å². The van der Waals surface area contributed by atoms with Crippen LogP contribution in [0, 0.1) is 0 Å². The molecule has 0 aliphatic heterocycles. The molecule has 0 spiro atoms. The van der Waals surface area contributed by atoms with E-state index in [1.807, 2.05) is 55.4 Å². The summed E-state index contributed by atoms with van der Waals surface area (Å²) < 4.78 is 0. The first-order chi connectivity index (χ1) is 10.1. The molecule has 0 aliphatic carbocycles. The van der Waals surface area contributed by atoms with E-state index in [-0.39, 0.29) is 23.2 Å². The van der Waals surface area contributed by atoms with Gasteiger partial charge in [-0.2, -0.15) is 0 Å². The Morgan fingerprint density at radius 1 is 1.18 bits per heavy atom. The number of benzene rings is 2. The van der Waals surface area contributed by atoms with Crippen LogP contribution in [0.4, 0.5) is 0 Å². The summed E-state index contributed by atoms with van der Waals surface area (Å²) >= 11 is 1.27. The van der Waals surface area contributed by atoms with Crippen molar-refractivity contribution in [2.45, 2.75) is 0 Å². The first-order valence-corrected chi connectivity index (χ1v) is 7.64. The highest BCUT2D eigenvalue weighted by molar-refractivity contribution is 8.15. The number of hydrogen-bond acceptors (Lipinski definition) is 5. The Kier molecular flexibility index (Phi) is 7.38. The van der Waals surface area contributed by atoms with Gasteiger partial charge in [-0.25, -0.2) is 0 Å². The molecule has 0 unspecified atom stereocenters. The first-order valence-electron chi connectivity index (χ1n) is 6.65. The fourth-order valence-corrected chi connectivity index (χ4v) is 2.95. The normalized spacial score (nSPS) is 11.5. The molecule has 0 amide bonds. The highest BCUT2D eigenvalue weighted by Gasteiger charge is 2.17. The van der Waals surface area contributed by atoms with Gasteiger partial charge < -0.3 is 10.1 Å². The van der Waals surface area contributed by atoms with Gasteiger partial charge in [0.1, 0.15) is 0 Å². The van der Waals surface area contributed by atoms with Crippen molar-refractivity contribution < 1.29 is 10.0 Å². The van der Waals surface area contributed by atoms with Gasteiger partial charge in [0.2, 0.25) is 5.78 Å². The van der Waals surface area contributed by atoms with E-state index in [0.29, 0.717) is 11.3 Å². The number of nitrogens with zero attached hydrogens (tertiary/aromatic N) is 2. The lowest BCUT2D eigenvalue weighted by atomic mass is 10.0. The third-order valence-electron chi connectivity index (χ3n) is 3.10. The molecule has 0 atom stereocenters. The highest BCUT2D eigenvalue weighted by atomic mass is 35.5. The number of carbonyl (C=O) groups excluding carboxylic acids is 1. The van der Waals surface area contributed by atoms with Crippen LogP contribution >= 0.6 is 24.2 Å². The Labute approximate surface area is 140 Å². The lowest BCUT2D eigenvalue weighted by Gasteiger charge is -2.10. The Bertz CT molecular complexity index is 669. The molecule has 0 bridgehead atoms. The second-order valence-electron chi connectivity index (χ2n) is 4.91. The number of halogens is 1. The van der Waals surface area contributed by atoms with E-state index in [2.05, 4.69) is 5.16 Å². The van der Waals surface area contributed by atoms with Crippen molar-refractivity contribution in [3.8, 4) is 0 Å². The molecule has 0 heterocycles. The zero-order valence-electron chi connectivity index (χ0n) is 12.5. The molecule has 2 aromatic rings. The summed E-state index contributed by atoms with van der Waals surface area (Å²) in [6.45, 7) is 0.812. The van der Waals surface area contributed by atoms with Gasteiger partial charge in [0.15, 0.2) is 5.04 Å². The summed E-state index contributed by atoms with van der Waals surface area (Å²) in [7, 11) is 3.92. The van der Waals surface area contributed by atoms with E-state index in [4.69, 9.17) is 5.21 Å². The van der Waals surface area contributed by atoms with Crippen LogP contribution < -0.4 is 0 Å². The second-order valence-corrected chi connectivity index (χ2v) is 6.00. The van der Waals surface area contributed by atoms with E-state index < -0.39 is 0 Å². The third kappa shape index (κ3) is 4.47. The SMILES string of the molecule is CN(C)CCS/C(=N\O)C(=O)c1cccc2ccccc12.Cl. The smallest absolute Gasteiger partial charge is 0.221 e. The Morgan fingerprint density at radius 2 is 1.86 bits per heavy atom. The maximum absolute atomic E-state index is 12.5. The summed E-state index contributed by atoms with van der Waals surface area (Å²) in [4.78, 5) is 14.6. The molecule has 1 N–H and O–H groups in total. The van der Waals surface area contributed by atoms with Crippen molar-refractivity contribution in [3.63, 3.8) is 0 Å². The van der Waals surface area contributed by atoms with E-state index in [0.717, 1.165) is 17.3 Å². The summed E-state index contributed by atoms with van der Waals surface area (Å²) in [6, 6.07) is 13.3. The highest BCUT2D eigenvalue weighted by Crippen LogP contribution is 2.21. The molecular formula is C16H19ClN2O2S. The number of Topliss-reactive ketones (excluding diaryl/α,β-unsaturated/α-hetero) is 1. The standard InChI is InChI=1S/C16H18N2O2S.ClH/c1-18(2)10-11-21-16(17-20)15(19)14-9-5-7-12-6-3-4-8-13(12)14;/h3-9,20H,10-11H2,1-2H3;1H/b17-16-;. The van der Waals surface area contributed by atoms with Gasteiger partial charge >= 0.3 is 0 Å². The summed E-state index contributed by atoms with van der Waals surface area (Å²) in [6.07, 6.45) is 0. The van der Waals surface area contributed by atoms with Crippen molar-refractivity contribution >= 4 is 45.8 Å². The molecule has 2 aromatic carbocycles. The Hall–Kier alpha value is -1.56. The fourth-order valence-electron chi connectivity index (χ4n) is 2.00. The minimum absolute atomic E-state index is 0. The van der Waals surface area contributed by atoms with Crippen molar-refractivity contribution in [3.05, 3.63) is 48.0 Å². The Balaban J connectivity index is 0.00000242. The van der Waals surface area contributed by atoms with E-state index >= 15 is 0 Å². The minimum Gasteiger partial charge on any atom is -0.410 e. The van der Waals surface area contributed by atoms with Gasteiger partial charge in [0.25, 0.3) is 0 Å². The zero-order valence-corrected chi connectivity index (χ0v) is 14.2. The van der Waals surface area contributed by atoms with Gasteiger partial charge in [0.05, 0.1) is 0 Å². The van der Waals surface area contributed by atoms with Gasteiger partial charge in [-0.15, -0.1) is 12.4 Å². The molecular weight excluding hydrogens is 320 g/mol. The van der Waals surface area contributed by atoms with E-state index in [1.54, 1.807) is 6.07 Å². The largest absolute Gasteiger partial charge is 0.410 e. The van der Waals surface area contributed by atoms with Crippen LogP contribution in [0.3, 0.4) is 0 Å². The molecule has 4 nitrogen and oxygen atoms in total. The molecule has 0 saturated carbocycles. The van der Waals surface area contributed by atoms with Gasteiger partial charge in [-0.3, -0.25) is 4.79 Å². The Morgan fingerprint density at radius 3 is 2.55 bits per heavy atom. The molecule has 6 heteroatoms. The number of rotatable bonds is 5. The summed E-state index contributed by atoms with van der Waals surface area (Å²) in [5.74, 6) is 0.459. The van der Waals surface area contributed by atoms with Crippen molar-refractivity contribution in [2.24, 2.45) is 5.16 Å². The topological polar surface area (TPSA) is 52.9 Å². The third-order valence-corrected chi connectivity index (χ3v) is 4.02. The second kappa shape index (κ2) is 8.78. The number of ketones is 1. The van der Waals surface area contributed by atoms with Gasteiger partial charge in [-0.1, -0.05) is 59.4 Å². The van der Waals surface area contributed by atoms with Crippen molar-refractivity contribution in [1.29, 1.82) is 0 Å². The monoisotopic (exact) mass is 338 g/mol. The number of fused-ring (bicyclic) bond motifs is 1. The number of hydrogen-bond donors (Lipinski definition) is 1. The molecule has 0 aromatic heterocycles. The fraction of sp³-hybridized carbons (Fsp3) is 0.250. The van der Waals surface area contributed by atoms with Crippen LogP contribution in [-0.4, -0.2) is 47.3 Å². The predicted octanol–water partition coefficient (Wildman–Crippen LogP) is 3.53. The van der Waals surface area contributed by atoms with Gasteiger partial charge in [0, 0.05) is 17.9 Å². The number of carbonyl (C=O) groups is 1. The molecule has 0 radical (unpaired) electrons. The van der Waals surface area contributed by atoms with Gasteiger partial charge in [-0.05, 0) is 24.9 Å². The molecule has 118 valence electrons. The lowest BCUT2D eigenvalue weighted by Crippen LogP contribution is -2.18. The maximum atomic E-state index is 12.5. The lowest BCUT2D eigenvalue weighted by molar-refractivity contribution is 0.106. The number of oxime groups is 1. The molecule has 0 saturated heterocycles. The summed E-state index contributed by atoms with van der Waals surface area (Å²) in [5.41, 5.74) is 0.568. The van der Waals surface area contributed by atoms with Crippen LogP contribution in [0.15, 0.2) is 47.6 Å². The zero-order chi connectivity index (χ0) is 15.2. The predicted molar refractivity (Wildman–Crippen MR) is 95.8 cm³/mol. The quantitative estimate of drug-likeness (QED) is 0.298. The summed E-state index contributed by atoms with van der Waals surface area (Å²) in [5, 5.41) is 14.3. The van der Waals surface area contributed by atoms with Crippen LogP contribution in [-0.2, 0) is 0 Å². The first kappa shape index (κ1) is 18.5. The number of thioether (sulfide) groups is 1.